The zero-order valence-corrected chi connectivity index (χ0v) is 10.6. The van der Waals surface area contributed by atoms with Crippen LogP contribution in [0.1, 0.15) is 39.5 Å². The van der Waals surface area contributed by atoms with E-state index >= 15 is 0 Å². The summed E-state index contributed by atoms with van der Waals surface area (Å²) in [6.07, 6.45) is 3.61. The van der Waals surface area contributed by atoms with Gasteiger partial charge in [0.1, 0.15) is 0 Å². The molecule has 16 heavy (non-hydrogen) atoms. The van der Waals surface area contributed by atoms with Crippen molar-refractivity contribution < 1.29 is 9.90 Å². The third-order valence-corrected chi connectivity index (χ3v) is 3.37. The maximum atomic E-state index is 10.4. The standard InChI is InChI=1S/C12H24N2O2/c1-9(4-7-12(15)16)13-8-10(2)14(3)11-5-6-11/h9-11,13H,4-8H2,1-3H3,(H,15,16). The first kappa shape index (κ1) is 13.5. The van der Waals surface area contributed by atoms with Gasteiger partial charge in [0.25, 0.3) is 0 Å². The number of aliphatic carboxylic acids is 1. The summed E-state index contributed by atoms with van der Waals surface area (Å²) < 4.78 is 0. The largest absolute Gasteiger partial charge is 0.481 e. The molecule has 4 heteroatoms. The van der Waals surface area contributed by atoms with Crippen LogP contribution in [0.3, 0.4) is 0 Å². The molecule has 1 fully saturated rings. The van der Waals surface area contributed by atoms with Crippen molar-refractivity contribution in [2.24, 2.45) is 0 Å². The molecule has 0 heterocycles. The minimum Gasteiger partial charge on any atom is -0.481 e. The second-order valence-electron chi connectivity index (χ2n) is 4.99. The summed E-state index contributed by atoms with van der Waals surface area (Å²) >= 11 is 0. The molecule has 0 aromatic heterocycles. The monoisotopic (exact) mass is 228 g/mol. The highest BCUT2D eigenvalue weighted by Gasteiger charge is 2.28. The number of nitrogens with one attached hydrogen (secondary N) is 1. The molecule has 1 saturated carbocycles. The Morgan fingerprint density at radius 2 is 2.12 bits per heavy atom. The fraction of sp³-hybridized carbons (Fsp3) is 0.917. The fourth-order valence-corrected chi connectivity index (χ4v) is 1.80. The van der Waals surface area contributed by atoms with Gasteiger partial charge in [-0.1, -0.05) is 0 Å². The van der Waals surface area contributed by atoms with Crippen LogP contribution in [0.5, 0.6) is 0 Å². The second-order valence-corrected chi connectivity index (χ2v) is 4.99. The number of carboxylic acids is 1. The molecule has 0 bridgehead atoms. The number of carbonyl (C=O) groups is 1. The van der Waals surface area contributed by atoms with Crippen molar-refractivity contribution in [3.8, 4) is 0 Å². The molecule has 0 aliphatic heterocycles. The predicted molar refractivity (Wildman–Crippen MR) is 64.6 cm³/mol. The second kappa shape index (κ2) is 6.21. The maximum absolute atomic E-state index is 10.4. The van der Waals surface area contributed by atoms with Crippen molar-refractivity contribution in [1.82, 2.24) is 10.2 Å². The Balaban J connectivity index is 2.10. The van der Waals surface area contributed by atoms with E-state index in [0.29, 0.717) is 12.5 Å². The number of likely N-dealkylation sites (N-methyl/N-ethyl adjacent to an activating group) is 1. The maximum Gasteiger partial charge on any atom is 0.303 e. The van der Waals surface area contributed by atoms with Crippen LogP contribution in [0.4, 0.5) is 0 Å². The lowest BCUT2D eigenvalue weighted by Crippen LogP contribution is -2.42. The van der Waals surface area contributed by atoms with Crippen molar-refractivity contribution in [3.05, 3.63) is 0 Å². The quantitative estimate of drug-likeness (QED) is 0.658. The summed E-state index contributed by atoms with van der Waals surface area (Å²) in [5.41, 5.74) is 0. The lowest BCUT2D eigenvalue weighted by Gasteiger charge is -2.26. The molecule has 94 valence electrons. The molecule has 1 aliphatic rings. The Morgan fingerprint density at radius 3 is 2.62 bits per heavy atom. The highest BCUT2D eigenvalue weighted by Crippen LogP contribution is 2.26. The number of rotatable bonds is 8. The van der Waals surface area contributed by atoms with Crippen molar-refractivity contribution in [3.63, 3.8) is 0 Å². The van der Waals surface area contributed by atoms with E-state index in [2.05, 4.69) is 24.2 Å². The van der Waals surface area contributed by atoms with Crippen LogP contribution in [0.2, 0.25) is 0 Å². The van der Waals surface area contributed by atoms with Crippen LogP contribution in [-0.4, -0.2) is 47.7 Å². The van der Waals surface area contributed by atoms with E-state index in [1.54, 1.807) is 0 Å². The van der Waals surface area contributed by atoms with Crippen LogP contribution in [0, 0.1) is 0 Å². The van der Waals surface area contributed by atoms with Crippen molar-refractivity contribution in [1.29, 1.82) is 0 Å². The Hall–Kier alpha value is -0.610. The fourth-order valence-electron chi connectivity index (χ4n) is 1.80. The number of nitrogens with zero attached hydrogens (tertiary/aromatic N) is 1. The third-order valence-electron chi connectivity index (χ3n) is 3.37. The molecule has 0 saturated heterocycles. The summed E-state index contributed by atoms with van der Waals surface area (Å²) in [4.78, 5) is 12.8. The minimum absolute atomic E-state index is 0.251. The van der Waals surface area contributed by atoms with Gasteiger partial charge in [-0.3, -0.25) is 9.69 Å². The number of hydrogen-bond acceptors (Lipinski definition) is 3. The lowest BCUT2D eigenvalue weighted by molar-refractivity contribution is -0.137. The van der Waals surface area contributed by atoms with Gasteiger partial charge < -0.3 is 10.4 Å². The first-order valence-corrected chi connectivity index (χ1v) is 6.17. The zero-order valence-electron chi connectivity index (χ0n) is 10.6. The summed E-state index contributed by atoms with van der Waals surface area (Å²) in [5, 5.41) is 12.0. The lowest BCUT2D eigenvalue weighted by atomic mass is 10.1. The smallest absolute Gasteiger partial charge is 0.303 e. The minimum atomic E-state index is -0.711. The molecular formula is C12H24N2O2. The van der Waals surface area contributed by atoms with E-state index in [4.69, 9.17) is 5.11 Å². The molecule has 2 unspecified atom stereocenters. The van der Waals surface area contributed by atoms with Crippen molar-refractivity contribution in [2.45, 2.75) is 57.7 Å². The zero-order chi connectivity index (χ0) is 12.1. The van der Waals surface area contributed by atoms with Gasteiger partial charge in [0, 0.05) is 31.1 Å². The van der Waals surface area contributed by atoms with E-state index < -0.39 is 5.97 Å². The Labute approximate surface area is 98.0 Å². The van der Waals surface area contributed by atoms with Gasteiger partial charge in [0.15, 0.2) is 0 Å². The van der Waals surface area contributed by atoms with E-state index in [0.717, 1.165) is 12.6 Å². The van der Waals surface area contributed by atoms with Gasteiger partial charge in [0.2, 0.25) is 0 Å². The summed E-state index contributed by atoms with van der Waals surface area (Å²) in [7, 11) is 2.17. The van der Waals surface area contributed by atoms with Crippen LogP contribution in [0.15, 0.2) is 0 Å². The Morgan fingerprint density at radius 1 is 1.50 bits per heavy atom. The Bertz CT molecular complexity index is 229. The molecular weight excluding hydrogens is 204 g/mol. The normalized spacial score (nSPS) is 19.8. The Kier molecular flexibility index (Phi) is 5.22. The van der Waals surface area contributed by atoms with Gasteiger partial charge in [-0.25, -0.2) is 0 Å². The van der Waals surface area contributed by atoms with Crippen molar-refractivity contribution in [2.75, 3.05) is 13.6 Å². The number of carboxylic acid groups (broad SMARTS) is 1. The molecule has 0 radical (unpaired) electrons. The highest BCUT2D eigenvalue weighted by atomic mass is 16.4. The highest BCUT2D eigenvalue weighted by molar-refractivity contribution is 5.66. The summed E-state index contributed by atoms with van der Waals surface area (Å²) in [6, 6.07) is 1.59. The van der Waals surface area contributed by atoms with E-state index in [9.17, 15) is 4.79 Å². The van der Waals surface area contributed by atoms with Crippen molar-refractivity contribution >= 4 is 5.97 Å². The van der Waals surface area contributed by atoms with Gasteiger partial charge in [-0.2, -0.15) is 0 Å². The first-order valence-electron chi connectivity index (χ1n) is 6.17. The van der Waals surface area contributed by atoms with Crippen LogP contribution in [-0.2, 0) is 4.79 Å². The predicted octanol–water partition coefficient (Wildman–Crippen LogP) is 1.31. The third kappa shape index (κ3) is 4.94. The van der Waals surface area contributed by atoms with E-state index in [-0.39, 0.29) is 12.5 Å². The SMILES string of the molecule is CC(CCC(=O)O)NCC(C)N(C)C1CC1. The van der Waals surface area contributed by atoms with Gasteiger partial charge in [0.05, 0.1) is 0 Å². The molecule has 2 atom stereocenters. The topological polar surface area (TPSA) is 52.6 Å². The average Bonchev–Trinajstić information content (AvgIpc) is 3.05. The first-order chi connectivity index (χ1) is 7.50. The van der Waals surface area contributed by atoms with Crippen LogP contribution < -0.4 is 5.32 Å². The van der Waals surface area contributed by atoms with Crippen LogP contribution in [0.25, 0.3) is 0 Å². The molecule has 0 aromatic rings. The molecule has 4 nitrogen and oxygen atoms in total. The molecule has 2 N–H and O–H groups in total. The molecule has 0 amide bonds. The van der Waals surface area contributed by atoms with E-state index in [1.165, 1.54) is 12.8 Å². The van der Waals surface area contributed by atoms with Gasteiger partial charge >= 0.3 is 5.97 Å². The molecule has 1 aliphatic carbocycles. The molecule has 1 rings (SSSR count). The van der Waals surface area contributed by atoms with Gasteiger partial charge in [-0.05, 0) is 40.2 Å². The molecule has 0 aromatic carbocycles. The summed E-state index contributed by atoms with van der Waals surface area (Å²) in [6.45, 7) is 5.20. The molecule has 0 spiro atoms. The van der Waals surface area contributed by atoms with Crippen LogP contribution >= 0.6 is 0 Å². The average molecular weight is 228 g/mol. The number of hydrogen-bond donors (Lipinski definition) is 2. The van der Waals surface area contributed by atoms with E-state index in [1.807, 2.05) is 6.92 Å². The van der Waals surface area contributed by atoms with Gasteiger partial charge in [-0.15, -0.1) is 0 Å². The summed E-state index contributed by atoms with van der Waals surface area (Å²) in [5.74, 6) is -0.711.